The molecule has 3 rings (SSSR count). The molecule has 0 radical (unpaired) electrons. The molecular weight excluding hydrogens is 408 g/mol. The second-order valence-electron chi connectivity index (χ2n) is 6.87. The molecule has 1 N–H and O–H groups in total. The number of carboxylic acid groups (broad SMARTS) is 1. The SMILES string of the molecule is COc1ccc(C2=NN(C(=O)CCCC(=O)O)[C@@H](c3ccc(Cl)cc3)C2)cc1OC. The van der Waals surface area contributed by atoms with Gasteiger partial charge in [-0.1, -0.05) is 23.7 Å². The van der Waals surface area contributed by atoms with E-state index in [1.54, 1.807) is 32.4 Å². The maximum Gasteiger partial charge on any atom is 0.303 e. The topological polar surface area (TPSA) is 88.4 Å². The first kappa shape index (κ1) is 21.6. The fourth-order valence-electron chi connectivity index (χ4n) is 3.38. The van der Waals surface area contributed by atoms with Crippen LogP contribution in [-0.4, -0.2) is 41.9 Å². The molecule has 1 atom stereocenters. The zero-order valence-corrected chi connectivity index (χ0v) is 17.6. The Morgan fingerprint density at radius 2 is 1.80 bits per heavy atom. The highest BCUT2D eigenvalue weighted by Crippen LogP contribution is 2.36. The molecule has 0 unspecified atom stereocenters. The third-order valence-electron chi connectivity index (χ3n) is 4.92. The Hall–Kier alpha value is -3.06. The lowest BCUT2D eigenvalue weighted by atomic mass is 9.98. The minimum Gasteiger partial charge on any atom is -0.493 e. The molecule has 1 aliphatic rings. The van der Waals surface area contributed by atoms with Gasteiger partial charge in [0.1, 0.15) is 0 Å². The van der Waals surface area contributed by atoms with Gasteiger partial charge in [0, 0.05) is 29.8 Å². The molecule has 1 amide bonds. The molecule has 2 aromatic rings. The van der Waals surface area contributed by atoms with E-state index < -0.39 is 5.97 Å². The van der Waals surface area contributed by atoms with Crippen LogP contribution < -0.4 is 9.47 Å². The van der Waals surface area contributed by atoms with Crippen LogP contribution in [0.15, 0.2) is 47.6 Å². The van der Waals surface area contributed by atoms with Crippen LogP contribution in [0.4, 0.5) is 0 Å². The van der Waals surface area contributed by atoms with Crippen molar-refractivity contribution < 1.29 is 24.2 Å². The van der Waals surface area contributed by atoms with Crippen LogP contribution in [0, 0.1) is 0 Å². The fraction of sp³-hybridized carbons (Fsp3) is 0.318. The van der Waals surface area contributed by atoms with E-state index in [-0.39, 0.29) is 31.2 Å². The molecule has 0 aliphatic carbocycles. The second-order valence-corrected chi connectivity index (χ2v) is 7.31. The number of nitrogens with zero attached hydrogens (tertiary/aromatic N) is 2. The van der Waals surface area contributed by atoms with E-state index in [0.717, 1.165) is 16.8 Å². The first-order chi connectivity index (χ1) is 14.4. The number of carboxylic acids is 1. The summed E-state index contributed by atoms with van der Waals surface area (Å²) in [7, 11) is 3.13. The molecule has 0 saturated heterocycles. The van der Waals surface area contributed by atoms with Crippen LogP contribution >= 0.6 is 11.6 Å². The molecule has 2 aromatic carbocycles. The van der Waals surface area contributed by atoms with Crippen molar-refractivity contribution in [2.24, 2.45) is 5.10 Å². The first-order valence-electron chi connectivity index (χ1n) is 9.52. The average Bonchev–Trinajstić information content (AvgIpc) is 3.19. The number of carbonyl (C=O) groups is 2. The summed E-state index contributed by atoms with van der Waals surface area (Å²) in [6, 6.07) is 12.5. The number of methoxy groups -OCH3 is 2. The molecule has 8 heteroatoms. The van der Waals surface area contributed by atoms with E-state index >= 15 is 0 Å². The van der Waals surface area contributed by atoms with Crippen LogP contribution in [-0.2, 0) is 9.59 Å². The largest absolute Gasteiger partial charge is 0.493 e. The van der Waals surface area contributed by atoms with Gasteiger partial charge in [-0.25, -0.2) is 5.01 Å². The third kappa shape index (κ3) is 4.91. The summed E-state index contributed by atoms with van der Waals surface area (Å²) in [5.41, 5.74) is 2.47. The lowest BCUT2D eigenvalue weighted by Crippen LogP contribution is -2.27. The van der Waals surface area contributed by atoms with Gasteiger partial charge in [-0.2, -0.15) is 5.10 Å². The van der Waals surface area contributed by atoms with Crippen molar-refractivity contribution in [3.63, 3.8) is 0 Å². The summed E-state index contributed by atoms with van der Waals surface area (Å²) in [6.07, 6.45) is 0.831. The zero-order chi connectivity index (χ0) is 21.7. The smallest absolute Gasteiger partial charge is 0.303 e. The number of benzene rings is 2. The van der Waals surface area contributed by atoms with Gasteiger partial charge in [-0.15, -0.1) is 0 Å². The second kappa shape index (κ2) is 9.63. The lowest BCUT2D eigenvalue weighted by Gasteiger charge is -2.22. The van der Waals surface area contributed by atoms with Gasteiger partial charge in [0.2, 0.25) is 5.91 Å². The van der Waals surface area contributed by atoms with Crippen molar-refractivity contribution in [2.75, 3.05) is 14.2 Å². The molecule has 1 aliphatic heterocycles. The maximum atomic E-state index is 12.8. The van der Waals surface area contributed by atoms with E-state index in [0.29, 0.717) is 22.9 Å². The molecule has 30 heavy (non-hydrogen) atoms. The predicted octanol–water partition coefficient (Wildman–Crippen LogP) is 4.29. The highest BCUT2D eigenvalue weighted by Gasteiger charge is 2.33. The van der Waals surface area contributed by atoms with Crippen molar-refractivity contribution in [2.45, 2.75) is 31.7 Å². The van der Waals surface area contributed by atoms with Crippen molar-refractivity contribution >= 4 is 29.2 Å². The van der Waals surface area contributed by atoms with Crippen LogP contribution in [0.1, 0.15) is 42.9 Å². The first-order valence-corrected chi connectivity index (χ1v) is 9.90. The van der Waals surface area contributed by atoms with Gasteiger partial charge in [-0.3, -0.25) is 9.59 Å². The highest BCUT2D eigenvalue weighted by atomic mass is 35.5. The Morgan fingerprint density at radius 1 is 1.10 bits per heavy atom. The minimum atomic E-state index is -0.923. The Balaban J connectivity index is 1.90. The van der Waals surface area contributed by atoms with Crippen molar-refractivity contribution in [1.82, 2.24) is 5.01 Å². The van der Waals surface area contributed by atoms with E-state index in [1.807, 2.05) is 24.3 Å². The van der Waals surface area contributed by atoms with Gasteiger partial charge in [0.25, 0.3) is 0 Å². The van der Waals surface area contributed by atoms with Crippen LogP contribution in [0.5, 0.6) is 11.5 Å². The van der Waals surface area contributed by atoms with Gasteiger partial charge in [-0.05, 0) is 42.3 Å². The summed E-state index contributed by atoms with van der Waals surface area (Å²) in [5.74, 6) is 0.0438. The number of hydrogen-bond acceptors (Lipinski definition) is 5. The van der Waals surface area contributed by atoms with E-state index in [4.69, 9.17) is 26.2 Å². The number of carbonyl (C=O) groups excluding carboxylic acids is 1. The summed E-state index contributed by atoms with van der Waals surface area (Å²) < 4.78 is 10.7. The van der Waals surface area contributed by atoms with E-state index in [2.05, 4.69) is 5.10 Å². The molecule has 0 aromatic heterocycles. The average molecular weight is 431 g/mol. The van der Waals surface area contributed by atoms with Gasteiger partial charge in [0.05, 0.1) is 26.0 Å². The third-order valence-corrected chi connectivity index (χ3v) is 5.17. The maximum absolute atomic E-state index is 12.8. The number of ether oxygens (including phenoxy) is 2. The van der Waals surface area contributed by atoms with E-state index in [1.165, 1.54) is 5.01 Å². The summed E-state index contributed by atoms with van der Waals surface area (Å²) in [6.45, 7) is 0. The van der Waals surface area contributed by atoms with Gasteiger partial charge < -0.3 is 14.6 Å². The molecule has 7 nitrogen and oxygen atoms in total. The van der Waals surface area contributed by atoms with Crippen molar-refractivity contribution in [1.29, 1.82) is 0 Å². The number of aliphatic carboxylic acids is 1. The number of hydrogen-bond donors (Lipinski definition) is 1. The summed E-state index contributed by atoms with van der Waals surface area (Å²) in [5, 5.41) is 15.5. The van der Waals surface area contributed by atoms with Crippen LogP contribution in [0.3, 0.4) is 0 Å². The normalized spacial score (nSPS) is 15.6. The Bertz CT molecular complexity index is 959. The Morgan fingerprint density at radius 3 is 2.43 bits per heavy atom. The fourth-order valence-corrected chi connectivity index (χ4v) is 3.51. The molecule has 1 heterocycles. The molecule has 0 bridgehead atoms. The Kier molecular flexibility index (Phi) is 6.95. The molecule has 0 saturated carbocycles. The molecule has 0 fully saturated rings. The van der Waals surface area contributed by atoms with Crippen LogP contribution in [0.2, 0.25) is 5.02 Å². The summed E-state index contributed by atoms with van der Waals surface area (Å²) in [4.78, 5) is 23.6. The predicted molar refractivity (Wildman–Crippen MR) is 113 cm³/mol. The number of rotatable bonds is 8. The minimum absolute atomic E-state index is 0.0581. The molecular formula is C22H23ClN2O5. The standard InChI is InChI=1S/C22H23ClN2O5/c1-29-19-11-8-15(12-20(19)30-2)17-13-18(14-6-9-16(23)10-7-14)25(24-17)21(26)4-3-5-22(27)28/h6-12,18H,3-5,13H2,1-2H3,(H,27,28)/t18-/m1/s1. The quantitative estimate of drug-likeness (QED) is 0.674. The van der Waals surface area contributed by atoms with Crippen molar-refractivity contribution in [3.05, 3.63) is 58.6 Å². The van der Waals surface area contributed by atoms with Crippen molar-refractivity contribution in [3.8, 4) is 11.5 Å². The number of halogens is 1. The van der Waals surface area contributed by atoms with Gasteiger partial charge >= 0.3 is 5.97 Å². The Labute approximate surface area is 179 Å². The lowest BCUT2D eigenvalue weighted by molar-refractivity contribution is -0.137. The number of hydrazone groups is 1. The summed E-state index contributed by atoms with van der Waals surface area (Å²) >= 11 is 6.01. The van der Waals surface area contributed by atoms with Gasteiger partial charge in [0.15, 0.2) is 11.5 Å². The molecule has 158 valence electrons. The van der Waals surface area contributed by atoms with E-state index in [9.17, 15) is 9.59 Å². The zero-order valence-electron chi connectivity index (χ0n) is 16.8. The molecule has 0 spiro atoms. The number of amides is 1. The monoisotopic (exact) mass is 430 g/mol. The highest BCUT2D eigenvalue weighted by molar-refractivity contribution is 6.30. The van der Waals surface area contributed by atoms with Crippen LogP contribution in [0.25, 0.3) is 0 Å².